The quantitative estimate of drug-likeness (QED) is 0.817. The molecule has 0 radical (unpaired) electrons. The maximum Gasteiger partial charge on any atom is 0.0224 e. The van der Waals surface area contributed by atoms with Crippen molar-refractivity contribution in [2.75, 3.05) is 13.1 Å². The van der Waals surface area contributed by atoms with Crippen molar-refractivity contribution in [1.29, 1.82) is 0 Å². The molecule has 2 heteroatoms. The molecule has 20 heavy (non-hydrogen) atoms. The molecule has 1 saturated carbocycles. The fourth-order valence-corrected chi connectivity index (χ4v) is 4.26. The van der Waals surface area contributed by atoms with Gasteiger partial charge in [-0.1, -0.05) is 39.5 Å². The second-order valence-electron chi connectivity index (χ2n) is 7.56. The van der Waals surface area contributed by atoms with Gasteiger partial charge in [-0.15, -0.1) is 0 Å². The van der Waals surface area contributed by atoms with E-state index in [0.717, 1.165) is 23.9 Å². The van der Waals surface area contributed by atoms with E-state index in [9.17, 15) is 0 Å². The summed E-state index contributed by atoms with van der Waals surface area (Å²) in [5.41, 5.74) is 0. The summed E-state index contributed by atoms with van der Waals surface area (Å²) in [5, 5.41) is 3.85. The summed E-state index contributed by atoms with van der Waals surface area (Å²) in [6.07, 6.45) is 9.98. The number of nitrogens with one attached hydrogen (secondary N) is 1. The summed E-state index contributed by atoms with van der Waals surface area (Å²) < 4.78 is 0. The van der Waals surface area contributed by atoms with Crippen molar-refractivity contribution in [3.05, 3.63) is 0 Å². The van der Waals surface area contributed by atoms with Crippen LogP contribution in [0.3, 0.4) is 0 Å². The molecule has 2 fully saturated rings. The van der Waals surface area contributed by atoms with E-state index in [0.29, 0.717) is 6.04 Å². The van der Waals surface area contributed by atoms with Crippen molar-refractivity contribution in [3.8, 4) is 0 Å². The maximum absolute atomic E-state index is 3.85. The van der Waals surface area contributed by atoms with E-state index in [-0.39, 0.29) is 0 Å². The Morgan fingerprint density at radius 3 is 2.50 bits per heavy atom. The first-order valence-electron chi connectivity index (χ1n) is 9.11. The molecule has 118 valence electrons. The standard InChI is InChI=1S/C18H36N2/c1-5-14(2)11-15(3)20-13-18(19-12-16(20)4)17-9-7-6-8-10-17/h14-19H,5-13H2,1-4H3. The van der Waals surface area contributed by atoms with Crippen LogP contribution < -0.4 is 5.32 Å². The van der Waals surface area contributed by atoms with Gasteiger partial charge in [-0.2, -0.15) is 0 Å². The molecule has 1 heterocycles. The summed E-state index contributed by atoms with van der Waals surface area (Å²) in [6, 6.07) is 2.20. The molecule has 1 N–H and O–H groups in total. The number of hydrogen-bond acceptors (Lipinski definition) is 2. The first-order valence-corrected chi connectivity index (χ1v) is 9.11. The van der Waals surface area contributed by atoms with Crippen molar-refractivity contribution < 1.29 is 0 Å². The lowest BCUT2D eigenvalue weighted by Gasteiger charge is -2.46. The van der Waals surface area contributed by atoms with Crippen LogP contribution in [0.5, 0.6) is 0 Å². The summed E-state index contributed by atoms with van der Waals surface area (Å²) in [6.45, 7) is 12.0. The van der Waals surface area contributed by atoms with Crippen LogP contribution in [-0.4, -0.2) is 36.1 Å². The number of rotatable bonds is 5. The Morgan fingerprint density at radius 2 is 1.85 bits per heavy atom. The van der Waals surface area contributed by atoms with Gasteiger partial charge in [0.25, 0.3) is 0 Å². The molecule has 0 amide bonds. The molecular weight excluding hydrogens is 244 g/mol. The highest BCUT2D eigenvalue weighted by atomic mass is 15.2. The Balaban J connectivity index is 1.89. The van der Waals surface area contributed by atoms with Gasteiger partial charge in [-0.25, -0.2) is 0 Å². The van der Waals surface area contributed by atoms with Crippen LogP contribution >= 0.6 is 0 Å². The zero-order chi connectivity index (χ0) is 14.5. The van der Waals surface area contributed by atoms with E-state index in [4.69, 9.17) is 0 Å². The largest absolute Gasteiger partial charge is 0.311 e. The molecule has 0 aromatic heterocycles. The molecular formula is C18H36N2. The molecule has 0 bridgehead atoms. The van der Waals surface area contributed by atoms with Gasteiger partial charge in [0.05, 0.1) is 0 Å². The topological polar surface area (TPSA) is 15.3 Å². The van der Waals surface area contributed by atoms with Gasteiger partial charge in [0.15, 0.2) is 0 Å². The Hall–Kier alpha value is -0.0800. The van der Waals surface area contributed by atoms with Gasteiger partial charge in [-0.05, 0) is 44.9 Å². The number of piperazine rings is 1. The van der Waals surface area contributed by atoms with Gasteiger partial charge < -0.3 is 5.32 Å². The third-order valence-electron chi connectivity index (χ3n) is 5.87. The van der Waals surface area contributed by atoms with Gasteiger partial charge in [0, 0.05) is 31.2 Å². The van der Waals surface area contributed by atoms with E-state index in [1.54, 1.807) is 0 Å². The molecule has 0 aromatic carbocycles. The summed E-state index contributed by atoms with van der Waals surface area (Å²) >= 11 is 0. The molecule has 4 atom stereocenters. The fraction of sp³-hybridized carbons (Fsp3) is 1.00. The number of nitrogens with zero attached hydrogens (tertiary/aromatic N) is 1. The predicted octanol–water partition coefficient (Wildman–Crippen LogP) is 4.05. The highest BCUT2D eigenvalue weighted by Gasteiger charge is 2.33. The van der Waals surface area contributed by atoms with Crippen LogP contribution in [0, 0.1) is 11.8 Å². The number of hydrogen-bond donors (Lipinski definition) is 1. The van der Waals surface area contributed by atoms with Crippen LogP contribution in [0.2, 0.25) is 0 Å². The smallest absolute Gasteiger partial charge is 0.0224 e. The molecule has 0 aromatic rings. The minimum absolute atomic E-state index is 0.703. The SMILES string of the molecule is CCC(C)CC(C)N1CC(C2CCCCC2)NCC1C. The second-order valence-corrected chi connectivity index (χ2v) is 7.56. The van der Waals surface area contributed by atoms with E-state index in [1.165, 1.54) is 58.0 Å². The lowest BCUT2D eigenvalue weighted by Crippen LogP contribution is -2.60. The Bertz CT molecular complexity index is 273. The van der Waals surface area contributed by atoms with E-state index < -0.39 is 0 Å². The molecule has 4 unspecified atom stereocenters. The Morgan fingerprint density at radius 1 is 1.15 bits per heavy atom. The second kappa shape index (κ2) is 7.79. The summed E-state index contributed by atoms with van der Waals surface area (Å²) in [4.78, 5) is 2.79. The van der Waals surface area contributed by atoms with Crippen LogP contribution in [0.15, 0.2) is 0 Å². The van der Waals surface area contributed by atoms with Crippen LogP contribution in [0.25, 0.3) is 0 Å². The molecule has 0 spiro atoms. The highest BCUT2D eigenvalue weighted by molar-refractivity contribution is 4.91. The van der Waals surface area contributed by atoms with Crippen LogP contribution in [0.4, 0.5) is 0 Å². The maximum atomic E-state index is 3.85. The van der Waals surface area contributed by atoms with Crippen molar-refractivity contribution >= 4 is 0 Å². The molecule has 1 aliphatic heterocycles. The minimum atomic E-state index is 0.703. The van der Waals surface area contributed by atoms with Crippen LogP contribution in [0.1, 0.15) is 72.6 Å². The molecule has 1 saturated heterocycles. The van der Waals surface area contributed by atoms with Gasteiger partial charge in [-0.3, -0.25) is 4.90 Å². The van der Waals surface area contributed by atoms with Crippen LogP contribution in [-0.2, 0) is 0 Å². The lowest BCUT2D eigenvalue weighted by atomic mass is 9.82. The van der Waals surface area contributed by atoms with Gasteiger partial charge in [0.1, 0.15) is 0 Å². The molecule has 1 aliphatic carbocycles. The molecule has 2 aliphatic rings. The minimum Gasteiger partial charge on any atom is -0.311 e. The third-order valence-corrected chi connectivity index (χ3v) is 5.87. The van der Waals surface area contributed by atoms with E-state index in [2.05, 4.69) is 37.9 Å². The van der Waals surface area contributed by atoms with E-state index in [1.807, 2.05) is 0 Å². The van der Waals surface area contributed by atoms with Crippen molar-refractivity contribution in [2.45, 2.75) is 90.8 Å². The van der Waals surface area contributed by atoms with Crippen molar-refractivity contribution in [1.82, 2.24) is 10.2 Å². The van der Waals surface area contributed by atoms with E-state index >= 15 is 0 Å². The molecule has 2 nitrogen and oxygen atoms in total. The first kappa shape index (κ1) is 16.3. The zero-order valence-corrected chi connectivity index (χ0v) is 14.2. The fourth-order valence-electron chi connectivity index (χ4n) is 4.26. The first-order chi connectivity index (χ1) is 9.61. The lowest BCUT2D eigenvalue weighted by molar-refractivity contribution is 0.0629. The monoisotopic (exact) mass is 280 g/mol. The third kappa shape index (κ3) is 4.21. The normalized spacial score (nSPS) is 33.0. The summed E-state index contributed by atoms with van der Waals surface area (Å²) in [7, 11) is 0. The van der Waals surface area contributed by atoms with Gasteiger partial charge >= 0.3 is 0 Å². The zero-order valence-electron chi connectivity index (χ0n) is 14.2. The van der Waals surface area contributed by atoms with Crippen molar-refractivity contribution in [2.24, 2.45) is 11.8 Å². The Kier molecular flexibility index (Phi) is 6.35. The summed E-state index contributed by atoms with van der Waals surface area (Å²) in [5.74, 6) is 1.80. The average Bonchev–Trinajstić information content (AvgIpc) is 2.48. The predicted molar refractivity (Wildman–Crippen MR) is 88.1 cm³/mol. The highest BCUT2D eigenvalue weighted by Crippen LogP contribution is 2.29. The molecule has 2 rings (SSSR count). The van der Waals surface area contributed by atoms with Crippen molar-refractivity contribution in [3.63, 3.8) is 0 Å². The van der Waals surface area contributed by atoms with Gasteiger partial charge in [0.2, 0.25) is 0 Å². The Labute approximate surface area is 126 Å². The average molecular weight is 280 g/mol.